The van der Waals surface area contributed by atoms with Crippen LogP contribution < -0.4 is 0 Å². The maximum absolute atomic E-state index is 9.72. The summed E-state index contributed by atoms with van der Waals surface area (Å²) in [5.74, 6) is 1.06. The van der Waals surface area contributed by atoms with Gasteiger partial charge in [-0.1, -0.05) is 27.2 Å². The number of aliphatic hydroxyl groups is 1. The van der Waals surface area contributed by atoms with Crippen molar-refractivity contribution in [2.75, 3.05) is 5.75 Å². The molecular weight excluding hydrogens is 218 g/mol. The summed E-state index contributed by atoms with van der Waals surface area (Å²) in [4.78, 5) is 5.38. The minimum atomic E-state index is -0.236. The average molecular weight is 239 g/mol. The summed E-state index contributed by atoms with van der Waals surface area (Å²) in [6.07, 6.45) is 5.78. The molecule has 1 unspecified atom stereocenters. The van der Waals surface area contributed by atoms with Crippen molar-refractivity contribution < 1.29 is 5.11 Å². The van der Waals surface area contributed by atoms with E-state index < -0.39 is 0 Å². The Bertz CT molecular complexity index is 315. The molecule has 90 valence electrons. The molecule has 0 fully saturated rings. The van der Waals surface area contributed by atoms with E-state index >= 15 is 0 Å². The lowest BCUT2D eigenvalue weighted by Gasteiger charge is -2.13. The van der Waals surface area contributed by atoms with Gasteiger partial charge in [-0.15, -0.1) is 11.8 Å². The highest BCUT2D eigenvalue weighted by molar-refractivity contribution is 7.99. The van der Waals surface area contributed by atoms with Crippen molar-refractivity contribution in [1.82, 2.24) is 4.98 Å². The summed E-state index contributed by atoms with van der Waals surface area (Å²) in [5, 5.41) is 9.72. The molecule has 0 bridgehead atoms. The van der Waals surface area contributed by atoms with Crippen LogP contribution in [0.15, 0.2) is 23.4 Å². The number of rotatable bonds is 6. The smallest absolute Gasteiger partial charge is 0.0656 e. The Morgan fingerprint density at radius 2 is 2.12 bits per heavy atom. The molecule has 1 heterocycles. The van der Waals surface area contributed by atoms with Crippen molar-refractivity contribution in [2.45, 2.75) is 44.6 Å². The first kappa shape index (κ1) is 13.5. The first-order valence-electron chi connectivity index (χ1n) is 5.88. The monoisotopic (exact) mass is 239 g/mol. The average Bonchev–Trinajstić information content (AvgIpc) is 2.26. The highest BCUT2D eigenvalue weighted by atomic mass is 32.2. The maximum atomic E-state index is 9.72. The Kier molecular flexibility index (Phi) is 5.85. The molecule has 0 aromatic carbocycles. The molecule has 0 spiro atoms. The summed E-state index contributed by atoms with van der Waals surface area (Å²) >= 11 is 1.68. The van der Waals surface area contributed by atoms with Crippen molar-refractivity contribution in [3.63, 3.8) is 0 Å². The Balaban J connectivity index is 2.50. The minimum Gasteiger partial charge on any atom is -0.392 e. The molecule has 1 aromatic heterocycles. The van der Waals surface area contributed by atoms with Crippen LogP contribution in [-0.2, 0) is 6.42 Å². The van der Waals surface area contributed by atoms with Gasteiger partial charge in [0, 0.05) is 23.0 Å². The highest BCUT2D eigenvalue weighted by Crippen LogP contribution is 2.21. The molecular formula is C13H21NOS. The fourth-order valence-corrected chi connectivity index (χ4v) is 2.46. The van der Waals surface area contributed by atoms with Crippen LogP contribution in [0.4, 0.5) is 0 Å². The van der Waals surface area contributed by atoms with E-state index in [0.29, 0.717) is 5.92 Å². The number of thioether (sulfide) groups is 1. The van der Waals surface area contributed by atoms with Gasteiger partial charge in [0.25, 0.3) is 0 Å². The molecule has 0 saturated carbocycles. The van der Waals surface area contributed by atoms with E-state index in [9.17, 15) is 5.11 Å². The molecule has 2 nitrogen and oxygen atoms in total. The van der Waals surface area contributed by atoms with Crippen LogP contribution in [0.3, 0.4) is 0 Å². The lowest BCUT2D eigenvalue weighted by molar-refractivity contribution is 0.149. The van der Waals surface area contributed by atoms with Crippen molar-refractivity contribution in [3.8, 4) is 0 Å². The zero-order chi connectivity index (χ0) is 12.0. The Morgan fingerprint density at radius 3 is 2.75 bits per heavy atom. The molecule has 0 aliphatic heterocycles. The van der Waals surface area contributed by atoms with Crippen LogP contribution in [0, 0.1) is 5.92 Å². The maximum Gasteiger partial charge on any atom is 0.0656 e. The second-order valence-corrected chi connectivity index (χ2v) is 5.49. The van der Waals surface area contributed by atoms with Gasteiger partial charge in [0.2, 0.25) is 0 Å². The van der Waals surface area contributed by atoms with Gasteiger partial charge in [0.15, 0.2) is 0 Å². The number of hydrogen-bond acceptors (Lipinski definition) is 3. The number of aromatic nitrogens is 1. The molecule has 0 aliphatic carbocycles. The van der Waals surface area contributed by atoms with Gasteiger partial charge in [-0.05, 0) is 24.0 Å². The lowest BCUT2D eigenvalue weighted by Crippen LogP contribution is -2.17. The van der Waals surface area contributed by atoms with Crippen molar-refractivity contribution in [3.05, 3.63) is 24.0 Å². The second-order valence-electron chi connectivity index (χ2n) is 4.40. The third-order valence-electron chi connectivity index (χ3n) is 2.50. The van der Waals surface area contributed by atoms with Crippen LogP contribution in [0.1, 0.15) is 32.8 Å². The summed E-state index contributed by atoms with van der Waals surface area (Å²) < 4.78 is 0. The Hall–Kier alpha value is -0.540. The van der Waals surface area contributed by atoms with Crippen LogP contribution in [0.25, 0.3) is 0 Å². The summed E-state index contributed by atoms with van der Waals surface area (Å²) in [5.41, 5.74) is 1.28. The van der Waals surface area contributed by atoms with Crippen LogP contribution >= 0.6 is 11.8 Å². The number of aliphatic hydroxyl groups excluding tert-OH is 1. The first-order valence-corrected chi connectivity index (χ1v) is 6.86. The minimum absolute atomic E-state index is 0.236. The van der Waals surface area contributed by atoms with E-state index in [1.807, 2.05) is 26.2 Å². The molecule has 0 saturated heterocycles. The number of hydrogen-bond donors (Lipinski definition) is 1. The zero-order valence-corrected chi connectivity index (χ0v) is 11.1. The third-order valence-corrected chi connectivity index (χ3v) is 3.56. The Labute approximate surface area is 102 Å². The predicted molar refractivity (Wildman–Crippen MR) is 69.8 cm³/mol. The van der Waals surface area contributed by atoms with Gasteiger partial charge in [0.05, 0.1) is 6.10 Å². The Morgan fingerprint density at radius 1 is 1.38 bits per heavy atom. The SMILES string of the molecule is CCCc1cncc(SCC(O)C(C)C)c1. The molecule has 1 atom stereocenters. The molecule has 3 heteroatoms. The lowest BCUT2D eigenvalue weighted by atomic mass is 10.1. The van der Waals surface area contributed by atoms with E-state index in [-0.39, 0.29) is 6.10 Å². The molecule has 1 N–H and O–H groups in total. The van der Waals surface area contributed by atoms with Gasteiger partial charge >= 0.3 is 0 Å². The molecule has 1 aromatic rings. The molecule has 1 rings (SSSR count). The molecule has 0 radical (unpaired) electrons. The standard InChI is InChI=1S/C13H21NOS/c1-4-5-11-6-12(8-14-7-11)16-9-13(15)10(2)3/h6-8,10,13,15H,4-5,9H2,1-3H3. The topological polar surface area (TPSA) is 33.1 Å². The highest BCUT2D eigenvalue weighted by Gasteiger charge is 2.09. The fraction of sp³-hybridized carbons (Fsp3) is 0.615. The van der Waals surface area contributed by atoms with E-state index in [2.05, 4.69) is 18.0 Å². The molecule has 0 amide bonds. The van der Waals surface area contributed by atoms with E-state index in [1.165, 1.54) is 5.56 Å². The molecule has 16 heavy (non-hydrogen) atoms. The van der Waals surface area contributed by atoms with Gasteiger partial charge < -0.3 is 5.11 Å². The fourth-order valence-electron chi connectivity index (χ4n) is 1.34. The van der Waals surface area contributed by atoms with E-state index in [1.54, 1.807) is 11.8 Å². The van der Waals surface area contributed by atoms with Gasteiger partial charge in [-0.2, -0.15) is 0 Å². The van der Waals surface area contributed by atoms with Gasteiger partial charge in [-0.3, -0.25) is 4.98 Å². The van der Waals surface area contributed by atoms with E-state index in [0.717, 1.165) is 23.5 Å². The summed E-state index contributed by atoms with van der Waals surface area (Å²) in [7, 11) is 0. The number of aryl methyl sites for hydroxylation is 1. The van der Waals surface area contributed by atoms with Crippen molar-refractivity contribution >= 4 is 11.8 Å². The summed E-state index contributed by atoms with van der Waals surface area (Å²) in [6, 6.07) is 2.17. The van der Waals surface area contributed by atoms with Crippen LogP contribution in [-0.4, -0.2) is 21.9 Å². The zero-order valence-electron chi connectivity index (χ0n) is 10.3. The normalized spacial score (nSPS) is 13.1. The van der Waals surface area contributed by atoms with Crippen LogP contribution in [0.2, 0.25) is 0 Å². The molecule has 0 aliphatic rings. The predicted octanol–water partition coefficient (Wildman–Crippen LogP) is 3.14. The van der Waals surface area contributed by atoms with Gasteiger partial charge in [-0.25, -0.2) is 0 Å². The largest absolute Gasteiger partial charge is 0.392 e. The number of pyridine rings is 1. The van der Waals surface area contributed by atoms with Gasteiger partial charge in [0.1, 0.15) is 0 Å². The van der Waals surface area contributed by atoms with Crippen molar-refractivity contribution in [2.24, 2.45) is 5.92 Å². The second kappa shape index (κ2) is 6.92. The third kappa shape index (κ3) is 4.54. The quantitative estimate of drug-likeness (QED) is 0.774. The first-order chi connectivity index (χ1) is 7.63. The van der Waals surface area contributed by atoms with Crippen molar-refractivity contribution in [1.29, 1.82) is 0 Å². The number of nitrogens with zero attached hydrogens (tertiary/aromatic N) is 1. The van der Waals surface area contributed by atoms with Crippen LogP contribution in [0.5, 0.6) is 0 Å². The summed E-state index contributed by atoms with van der Waals surface area (Å²) in [6.45, 7) is 6.25. The van der Waals surface area contributed by atoms with E-state index in [4.69, 9.17) is 0 Å².